The number of esters is 3. The summed E-state index contributed by atoms with van der Waals surface area (Å²) in [7, 11) is 1.48. The molecule has 0 fully saturated rings. The molecule has 1 aliphatic heterocycles. The highest BCUT2D eigenvalue weighted by Gasteiger charge is 2.31. The Labute approximate surface area is 162 Å². The molecule has 1 heterocycles. The Morgan fingerprint density at radius 1 is 1.04 bits per heavy atom. The molecule has 3 rings (SSSR count). The molecule has 28 heavy (non-hydrogen) atoms. The maximum Gasteiger partial charge on any atom is 0.312 e. The zero-order valence-electron chi connectivity index (χ0n) is 16.0. The van der Waals surface area contributed by atoms with Crippen LogP contribution in [0.15, 0.2) is 30.3 Å². The molecule has 146 valence electrons. The summed E-state index contributed by atoms with van der Waals surface area (Å²) in [6.45, 7) is 4.48. The van der Waals surface area contributed by atoms with Gasteiger partial charge in [0.25, 0.3) is 0 Å². The van der Waals surface area contributed by atoms with Crippen molar-refractivity contribution in [2.75, 3.05) is 7.11 Å². The highest BCUT2D eigenvalue weighted by Crippen LogP contribution is 2.44. The Morgan fingerprint density at radius 3 is 2.39 bits per heavy atom. The first-order chi connectivity index (χ1) is 13.3. The lowest BCUT2D eigenvalue weighted by Gasteiger charge is -2.27. The lowest BCUT2D eigenvalue weighted by molar-refractivity contribution is -0.135. The Morgan fingerprint density at radius 2 is 1.75 bits per heavy atom. The van der Waals surface area contributed by atoms with Crippen LogP contribution in [0.4, 0.5) is 0 Å². The number of ether oxygens (including phenoxy) is 4. The monoisotopic (exact) mass is 384 g/mol. The molecule has 1 unspecified atom stereocenters. The van der Waals surface area contributed by atoms with E-state index in [1.54, 1.807) is 24.3 Å². The van der Waals surface area contributed by atoms with E-state index in [4.69, 9.17) is 18.9 Å². The van der Waals surface area contributed by atoms with Crippen LogP contribution in [0.5, 0.6) is 23.0 Å². The quantitative estimate of drug-likeness (QED) is 0.590. The van der Waals surface area contributed by atoms with Crippen molar-refractivity contribution in [3.63, 3.8) is 0 Å². The van der Waals surface area contributed by atoms with Crippen LogP contribution in [-0.4, -0.2) is 25.0 Å². The van der Waals surface area contributed by atoms with E-state index in [2.05, 4.69) is 0 Å². The van der Waals surface area contributed by atoms with Crippen molar-refractivity contribution in [2.45, 2.75) is 33.1 Å². The standard InChI is InChI=1S/C21H20O7/c1-11-7-15(26-12(2)22)9-19-21(11)16(10-20(24)28-19)14-5-6-17(27-13(3)23)18(8-14)25-4/h5-9,16H,10H2,1-4H3. The molecular formula is C21H20O7. The molecule has 0 aliphatic carbocycles. The topological polar surface area (TPSA) is 88.1 Å². The number of rotatable bonds is 4. The van der Waals surface area contributed by atoms with Crippen molar-refractivity contribution in [3.8, 4) is 23.0 Å². The number of fused-ring (bicyclic) bond motifs is 1. The largest absolute Gasteiger partial charge is 0.493 e. The van der Waals surface area contributed by atoms with Crippen LogP contribution < -0.4 is 18.9 Å². The molecule has 7 heteroatoms. The number of benzene rings is 2. The van der Waals surface area contributed by atoms with E-state index < -0.39 is 11.9 Å². The number of hydrogen-bond donors (Lipinski definition) is 0. The SMILES string of the molecule is COc1cc(C2CC(=O)Oc3cc(OC(C)=O)cc(C)c32)ccc1OC(C)=O. The van der Waals surface area contributed by atoms with Crippen molar-refractivity contribution in [1.82, 2.24) is 0 Å². The first-order valence-electron chi connectivity index (χ1n) is 8.68. The Bertz CT molecular complexity index is 961. The van der Waals surface area contributed by atoms with Crippen molar-refractivity contribution < 1.29 is 33.3 Å². The normalized spacial score (nSPS) is 15.3. The number of hydrogen-bond acceptors (Lipinski definition) is 7. The summed E-state index contributed by atoms with van der Waals surface area (Å²) in [5, 5.41) is 0. The summed E-state index contributed by atoms with van der Waals surface area (Å²) in [6, 6.07) is 8.44. The molecule has 0 aromatic heterocycles. The fourth-order valence-electron chi connectivity index (χ4n) is 3.35. The van der Waals surface area contributed by atoms with Crippen LogP contribution in [0.2, 0.25) is 0 Å². The first-order valence-corrected chi connectivity index (χ1v) is 8.68. The molecule has 0 saturated heterocycles. The minimum atomic E-state index is -0.455. The fourth-order valence-corrected chi connectivity index (χ4v) is 3.35. The molecule has 2 aromatic carbocycles. The molecule has 7 nitrogen and oxygen atoms in total. The van der Waals surface area contributed by atoms with Gasteiger partial charge in [0.2, 0.25) is 0 Å². The third-order valence-corrected chi connectivity index (χ3v) is 4.37. The number of carbonyl (C=O) groups is 3. The van der Waals surface area contributed by atoms with E-state index in [1.165, 1.54) is 27.0 Å². The van der Waals surface area contributed by atoms with Crippen LogP contribution in [0.1, 0.15) is 42.9 Å². The lowest BCUT2D eigenvalue weighted by Crippen LogP contribution is -2.22. The van der Waals surface area contributed by atoms with E-state index in [0.29, 0.717) is 23.0 Å². The van der Waals surface area contributed by atoms with Crippen molar-refractivity contribution in [1.29, 1.82) is 0 Å². The summed E-state index contributed by atoms with van der Waals surface area (Å²) in [6.07, 6.45) is 0.150. The van der Waals surface area contributed by atoms with Crippen LogP contribution in [-0.2, 0) is 14.4 Å². The third-order valence-electron chi connectivity index (χ3n) is 4.37. The van der Waals surface area contributed by atoms with Gasteiger partial charge in [0.1, 0.15) is 11.5 Å². The van der Waals surface area contributed by atoms with Gasteiger partial charge in [-0.2, -0.15) is 0 Å². The van der Waals surface area contributed by atoms with Gasteiger partial charge >= 0.3 is 17.9 Å². The number of carbonyl (C=O) groups excluding carboxylic acids is 3. The zero-order valence-corrected chi connectivity index (χ0v) is 16.0. The first kappa shape index (κ1) is 19.4. The average molecular weight is 384 g/mol. The summed E-state index contributed by atoms with van der Waals surface area (Å²) >= 11 is 0. The van der Waals surface area contributed by atoms with Crippen molar-refractivity contribution >= 4 is 17.9 Å². The van der Waals surface area contributed by atoms with Gasteiger partial charge in [-0.15, -0.1) is 0 Å². The highest BCUT2D eigenvalue weighted by atomic mass is 16.6. The van der Waals surface area contributed by atoms with Crippen LogP contribution in [0.25, 0.3) is 0 Å². The average Bonchev–Trinajstić information content (AvgIpc) is 2.59. The summed E-state index contributed by atoms with van der Waals surface area (Å²) < 4.78 is 21.0. The van der Waals surface area contributed by atoms with Gasteiger partial charge in [-0.1, -0.05) is 6.07 Å². The Hall–Kier alpha value is -3.35. The molecule has 0 radical (unpaired) electrons. The molecule has 0 bridgehead atoms. The van der Waals surface area contributed by atoms with Gasteiger partial charge in [-0.05, 0) is 36.2 Å². The number of methoxy groups -OCH3 is 1. The maximum absolute atomic E-state index is 12.2. The molecule has 1 atom stereocenters. The van der Waals surface area contributed by atoms with Crippen LogP contribution in [0.3, 0.4) is 0 Å². The van der Waals surface area contributed by atoms with E-state index in [1.807, 2.05) is 6.92 Å². The molecular weight excluding hydrogens is 364 g/mol. The van der Waals surface area contributed by atoms with Gasteiger partial charge in [-0.3, -0.25) is 14.4 Å². The minimum Gasteiger partial charge on any atom is -0.493 e. The molecule has 2 aromatic rings. The third kappa shape index (κ3) is 3.98. The second-order valence-corrected chi connectivity index (χ2v) is 6.48. The summed E-state index contributed by atoms with van der Waals surface area (Å²) in [5.74, 6) is -0.194. The Kier molecular flexibility index (Phi) is 5.35. The van der Waals surface area contributed by atoms with Gasteiger partial charge in [0, 0.05) is 31.4 Å². The molecule has 1 aliphatic rings. The molecule has 0 N–H and O–H groups in total. The van der Waals surface area contributed by atoms with Crippen molar-refractivity contribution in [3.05, 3.63) is 47.0 Å². The second-order valence-electron chi connectivity index (χ2n) is 6.48. The van der Waals surface area contributed by atoms with E-state index in [0.717, 1.165) is 16.7 Å². The number of aryl methyl sites for hydroxylation is 1. The lowest BCUT2D eigenvalue weighted by atomic mass is 9.83. The van der Waals surface area contributed by atoms with E-state index >= 15 is 0 Å². The highest BCUT2D eigenvalue weighted by molar-refractivity contribution is 5.79. The molecule has 0 amide bonds. The Balaban J connectivity index is 2.06. The minimum absolute atomic E-state index is 0.150. The zero-order chi connectivity index (χ0) is 20.4. The second kappa shape index (κ2) is 7.72. The van der Waals surface area contributed by atoms with E-state index in [9.17, 15) is 14.4 Å². The smallest absolute Gasteiger partial charge is 0.312 e. The fraction of sp³-hybridized carbons (Fsp3) is 0.286. The van der Waals surface area contributed by atoms with Gasteiger partial charge < -0.3 is 18.9 Å². The molecule has 0 saturated carbocycles. The predicted molar refractivity (Wildman–Crippen MR) is 98.9 cm³/mol. The maximum atomic E-state index is 12.2. The van der Waals surface area contributed by atoms with E-state index in [-0.39, 0.29) is 18.3 Å². The summed E-state index contributed by atoms with van der Waals surface area (Å²) in [5.41, 5.74) is 2.47. The van der Waals surface area contributed by atoms with Gasteiger partial charge in [0.15, 0.2) is 11.5 Å². The summed E-state index contributed by atoms with van der Waals surface area (Å²) in [4.78, 5) is 34.7. The van der Waals surface area contributed by atoms with Crippen LogP contribution >= 0.6 is 0 Å². The van der Waals surface area contributed by atoms with Gasteiger partial charge in [-0.25, -0.2) is 0 Å². The van der Waals surface area contributed by atoms with Crippen molar-refractivity contribution in [2.24, 2.45) is 0 Å². The van der Waals surface area contributed by atoms with Crippen LogP contribution in [0, 0.1) is 6.92 Å². The van der Waals surface area contributed by atoms with Gasteiger partial charge in [0.05, 0.1) is 13.5 Å². The molecule has 0 spiro atoms. The predicted octanol–water partition coefficient (Wildman–Crippen LogP) is 3.30.